The molecule has 3 heteroatoms. The van der Waals surface area contributed by atoms with E-state index < -0.39 is 0 Å². The Bertz CT molecular complexity index is 692. The van der Waals surface area contributed by atoms with Crippen molar-refractivity contribution in [3.63, 3.8) is 0 Å². The summed E-state index contributed by atoms with van der Waals surface area (Å²) >= 11 is 0. The highest BCUT2D eigenvalue weighted by molar-refractivity contribution is 5.78. The number of carbonyl (C=O) groups excluding carboxylic acids is 1. The summed E-state index contributed by atoms with van der Waals surface area (Å²) in [7, 11) is 0. The Kier molecular flexibility index (Phi) is 5.80. The van der Waals surface area contributed by atoms with Gasteiger partial charge in [-0.15, -0.1) is 0 Å². The van der Waals surface area contributed by atoms with Gasteiger partial charge in [0.25, 0.3) is 0 Å². The van der Waals surface area contributed by atoms with Gasteiger partial charge in [0.05, 0.1) is 13.0 Å². The lowest BCUT2D eigenvalue weighted by Gasteiger charge is -2.10. The molecule has 0 spiro atoms. The number of ether oxygens (including phenoxy) is 1. The largest absolute Gasteiger partial charge is 0.492 e. The molecular formula is C20H25NO2. The Balaban J connectivity index is 1.75. The van der Waals surface area contributed by atoms with Crippen molar-refractivity contribution in [1.82, 2.24) is 5.32 Å². The average molecular weight is 311 g/mol. The minimum absolute atomic E-state index is 0.0284. The van der Waals surface area contributed by atoms with Crippen molar-refractivity contribution < 1.29 is 9.53 Å². The average Bonchev–Trinajstić information content (AvgIpc) is 2.50. The molecule has 23 heavy (non-hydrogen) atoms. The van der Waals surface area contributed by atoms with Crippen LogP contribution in [0.1, 0.15) is 27.8 Å². The van der Waals surface area contributed by atoms with E-state index in [9.17, 15) is 4.79 Å². The van der Waals surface area contributed by atoms with Gasteiger partial charge in [0.2, 0.25) is 5.91 Å². The first-order chi connectivity index (χ1) is 11.0. The highest BCUT2D eigenvalue weighted by Gasteiger charge is 2.06. The molecule has 2 aromatic rings. The van der Waals surface area contributed by atoms with Crippen LogP contribution in [0.3, 0.4) is 0 Å². The fourth-order valence-electron chi connectivity index (χ4n) is 2.44. The first-order valence-corrected chi connectivity index (χ1v) is 7.98. The molecule has 0 aromatic heterocycles. The second-order valence-electron chi connectivity index (χ2n) is 6.05. The maximum atomic E-state index is 12.0. The molecule has 0 fully saturated rings. The molecule has 0 atom stereocenters. The summed E-state index contributed by atoms with van der Waals surface area (Å²) in [6.45, 7) is 9.22. The molecule has 0 saturated heterocycles. The summed E-state index contributed by atoms with van der Waals surface area (Å²) in [5.74, 6) is 0.873. The topological polar surface area (TPSA) is 38.3 Å². The summed E-state index contributed by atoms with van der Waals surface area (Å²) in [6, 6.07) is 12.2. The van der Waals surface area contributed by atoms with Crippen molar-refractivity contribution in [2.45, 2.75) is 34.1 Å². The summed E-state index contributed by atoms with van der Waals surface area (Å²) in [5, 5.41) is 2.91. The van der Waals surface area contributed by atoms with Crippen LogP contribution in [0.4, 0.5) is 0 Å². The number of aryl methyl sites for hydroxylation is 4. The molecular weight excluding hydrogens is 286 g/mol. The van der Waals surface area contributed by atoms with E-state index in [4.69, 9.17) is 4.74 Å². The van der Waals surface area contributed by atoms with Crippen molar-refractivity contribution in [3.05, 3.63) is 64.2 Å². The number of carbonyl (C=O) groups is 1. The molecule has 0 unspecified atom stereocenters. The van der Waals surface area contributed by atoms with Crippen molar-refractivity contribution in [2.75, 3.05) is 13.2 Å². The lowest BCUT2D eigenvalue weighted by molar-refractivity contribution is -0.120. The number of hydrogen-bond acceptors (Lipinski definition) is 2. The molecule has 2 rings (SSSR count). The van der Waals surface area contributed by atoms with Gasteiger partial charge in [-0.2, -0.15) is 0 Å². The molecule has 1 N–H and O–H groups in total. The zero-order chi connectivity index (χ0) is 16.8. The monoisotopic (exact) mass is 311 g/mol. The van der Waals surface area contributed by atoms with Crippen LogP contribution in [0.15, 0.2) is 36.4 Å². The minimum atomic E-state index is 0.0284. The third-order valence-electron chi connectivity index (χ3n) is 4.02. The second-order valence-corrected chi connectivity index (χ2v) is 6.05. The van der Waals surface area contributed by atoms with Gasteiger partial charge in [0.15, 0.2) is 0 Å². The molecule has 1 amide bonds. The Hall–Kier alpha value is -2.29. The number of hydrogen-bond donors (Lipinski definition) is 1. The Morgan fingerprint density at radius 3 is 2.43 bits per heavy atom. The van der Waals surface area contributed by atoms with Crippen LogP contribution in [-0.2, 0) is 11.2 Å². The van der Waals surface area contributed by atoms with Gasteiger partial charge in [0.1, 0.15) is 12.4 Å². The van der Waals surface area contributed by atoms with Gasteiger partial charge < -0.3 is 10.1 Å². The van der Waals surface area contributed by atoms with Gasteiger partial charge in [-0.3, -0.25) is 4.79 Å². The molecule has 0 aliphatic heterocycles. The Morgan fingerprint density at radius 1 is 0.957 bits per heavy atom. The van der Waals surface area contributed by atoms with E-state index in [0.29, 0.717) is 19.6 Å². The van der Waals surface area contributed by atoms with E-state index in [1.807, 2.05) is 37.3 Å². The first-order valence-electron chi connectivity index (χ1n) is 7.98. The number of benzene rings is 2. The molecule has 0 radical (unpaired) electrons. The fraction of sp³-hybridized carbons (Fsp3) is 0.350. The molecule has 0 aliphatic carbocycles. The van der Waals surface area contributed by atoms with Crippen molar-refractivity contribution in [1.29, 1.82) is 0 Å². The summed E-state index contributed by atoms with van der Waals surface area (Å²) in [4.78, 5) is 12.0. The zero-order valence-electron chi connectivity index (χ0n) is 14.4. The molecule has 0 heterocycles. The lowest BCUT2D eigenvalue weighted by Crippen LogP contribution is -2.29. The quantitative estimate of drug-likeness (QED) is 0.827. The number of amides is 1. The van der Waals surface area contributed by atoms with Crippen LogP contribution in [0.5, 0.6) is 5.75 Å². The number of nitrogens with one attached hydrogen (secondary N) is 1. The maximum Gasteiger partial charge on any atom is 0.224 e. The van der Waals surface area contributed by atoms with Crippen molar-refractivity contribution in [2.24, 2.45) is 0 Å². The fourth-order valence-corrected chi connectivity index (χ4v) is 2.44. The predicted octanol–water partition coefficient (Wildman–Crippen LogP) is 3.66. The Labute approximate surface area is 138 Å². The van der Waals surface area contributed by atoms with Gasteiger partial charge in [-0.25, -0.2) is 0 Å². The van der Waals surface area contributed by atoms with Crippen molar-refractivity contribution >= 4 is 5.91 Å². The van der Waals surface area contributed by atoms with E-state index in [1.54, 1.807) is 0 Å². The zero-order valence-corrected chi connectivity index (χ0v) is 14.4. The number of rotatable bonds is 6. The predicted molar refractivity (Wildman–Crippen MR) is 94.0 cm³/mol. The molecule has 3 nitrogen and oxygen atoms in total. The standard InChI is InChI=1S/C20H25NO2/c1-14-5-7-18(17(4)11-14)13-20(22)21-9-10-23-19-8-6-15(2)16(3)12-19/h5-8,11-12H,9-10,13H2,1-4H3,(H,21,22). The maximum absolute atomic E-state index is 12.0. The van der Waals surface area contributed by atoms with E-state index in [0.717, 1.165) is 16.9 Å². The normalized spacial score (nSPS) is 10.4. The molecule has 0 aliphatic rings. The van der Waals surface area contributed by atoms with Crippen LogP contribution in [0.25, 0.3) is 0 Å². The van der Waals surface area contributed by atoms with Crippen LogP contribution >= 0.6 is 0 Å². The molecule has 0 bridgehead atoms. The van der Waals surface area contributed by atoms with Gasteiger partial charge in [-0.05, 0) is 62.1 Å². The van der Waals surface area contributed by atoms with Crippen LogP contribution in [-0.4, -0.2) is 19.1 Å². The smallest absolute Gasteiger partial charge is 0.224 e. The van der Waals surface area contributed by atoms with Crippen LogP contribution in [0.2, 0.25) is 0 Å². The summed E-state index contributed by atoms with van der Waals surface area (Å²) < 4.78 is 5.67. The lowest BCUT2D eigenvalue weighted by atomic mass is 10.0. The van der Waals surface area contributed by atoms with Gasteiger partial charge >= 0.3 is 0 Å². The van der Waals surface area contributed by atoms with Crippen molar-refractivity contribution in [3.8, 4) is 5.75 Å². The van der Waals surface area contributed by atoms with Crippen LogP contribution < -0.4 is 10.1 Å². The highest BCUT2D eigenvalue weighted by atomic mass is 16.5. The van der Waals surface area contributed by atoms with E-state index in [2.05, 4.69) is 32.2 Å². The van der Waals surface area contributed by atoms with Gasteiger partial charge in [0, 0.05) is 0 Å². The molecule has 2 aromatic carbocycles. The van der Waals surface area contributed by atoms with Gasteiger partial charge in [-0.1, -0.05) is 29.8 Å². The Morgan fingerprint density at radius 2 is 1.74 bits per heavy atom. The SMILES string of the molecule is Cc1ccc(CC(=O)NCCOc2ccc(C)c(C)c2)c(C)c1. The molecule has 0 saturated carbocycles. The minimum Gasteiger partial charge on any atom is -0.492 e. The first kappa shape index (κ1) is 17.1. The van der Waals surface area contributed by atoms with E-state index in [-0.39, 0.29) is 5.91 Å². The second kappa shape index (κ2) is 7.82. The van der Waals surface area contributed by atoms with E-state index >= 15 is 0 Å². The third-order valence-corrected chi connectivity index (χ3v) is 4.02. The summed E-state index contributed by atoms with van der Waals surface area (Å²) in [5.41, 5.74) is 5.91. The highest BCUT2D eigenvalue weighted by Crippen LogP contribution is 2.16. The third kappa shape index (κ3) is 5.13. The van der Waals surface area contributed by atoms with E-state index in [1.165, 1.54) is 16.7 Å². The molecule has 122 valence electrons. The summed E-state index contributed by atoms with van der Waals surface area (Å²) in [6.07, 6.45) is 0.412. The van der Waals surface area contributed by atoms with Crippen LogP contribution in [0, 0.1) is 27.7 Å².